The van der Waals surface area contributed by atoms with Gasteiger partial charge in [-0.25, -0.2) is 4.39 Å². The molecule has 0 unspecified atom stereocenters. The monoisotopic (exact) mass is 372 g/mol. The summed E-state index contributed by atoms with van der Waals surface area (Å²) in [7, 11) is 3.28. The first-order valence-electron chi connectivity index (χ1n) is 8.19. The Kier molecular flexibility index (Phi) is 6.48. The first-order chi connectivity index (χ1) is 12.8. The Labute approximate surface area is 156 Å². The van der Waals surface area contributed by atoms with Crippen molar-refractivity contribution in [1.29, 1.82) is 0 Å². The van der Waals surface area contributed by atoms with Crippen LogP contribution in [-0.4, -0.2) is 43.3 Å². The first kappa shape index (κ1) is 19.9. The van der Waals surface area contributed by atoms with Crippen LogP contribution in [0.5, 0.6) is 0 Å². The Balaban J connectivity index is 2.00. The van der Waals surface area contributed by atoms with Gasteiger partial charge in [-0.2, -0.15) is 0 Å². The molecule has 8 heteroatoms. The number of nitrogens with zero attached hydrogens (tertiary/aromatic N) is 1. The normalized spacial score (nSPS) is 10.1. The third-order valence-electron chi connectivity index (χ3n) is 3.53. The molecule has 0 saturated carbocycles. The molecule has 7 nitrogen and oxygen atoms in total. The number of carbonyl (C=O) groups is 3. The van der Waals surface area contributed by atoms with Crippen molar-refractivity contribution < 1.29 is 18.8 Å². The lowest BCUT2D eigenvalue weighted by molar-refractivity contribution is -0.115. The number of benzene rings is 2. The Hall–Kier alpha value is -3.42. The van der Waals surface area contributed by atoms with Crippen LogP contribution in [0.25, 0.3) is 0 Å². The lowest BCUT2D eigenvalue weighted by atomic mass is 10.2. The van der Waals surface area contributed by atoms with Crippen molar-refractivity contribution in [2.24, 2.45) is 0 Å². The molecule has 0 spiro atoms. The smallest absolute Gasteiger partial charge is 0.253 e. The molecule has 0 aromatic heterocycles. The van der Waals surface area contributed by atoms with E-state index in [2.05, 4.69) is 16.0 Å². The van der Waals surface area contributed by atoms with E-state index < -0.39 is 11.7 Å². The molecule has 0 aliphatic heterocycles. The fraction of sp³-hybridized carbons (Fsp3) is 0.211. The van der Waals surface area contributed by atoms with Crippen molar-refractivity contribution in [3.8, 4) is 0 Å². The maximum absolute atomic E-state index is 13.9. The Bertz CT molecular complexity index is 868. The van der Waals surface area contributed by atoms with E-state index in [-0.39, 0.29) is 24.0 Å². The summed E-state index contributed by atoms with van der Waals surface area (Å²) < 4.78 is 13.9. The molecule has 0 saturated heterocycles. The number of halogens is 1. The number of anilines is 3. The van der Waals surface area contributed by atoms with Crippen molar-refractivity contribution in [2.45, 2.75) is 6.92 Å². The number of amides is 3. The predicted octanol–water partition coefficient (Wildman–Crippen LogP) is 2.54. The predicted molar refractivity (Wildman–Crippen MR) is 102 cm³/mol. The van der Waals surface area contributed by atoms with E-state index in [0.29, 0.717) is 16.9 Å². The average molecular weight is 372 g/mol. The maximum atomic E-state index is 13.9. The van der Waals surface area contributed by atoms with Crippen molar-refractivity contribution in [2.75, 3.05) is 36.6 Å². The van der Waals surface area contributed by atoms with Gasteiger partial charge in [0.15, 0.2) is 0 Å². The van der Waals surface area contributed by atoms with Crippen LogP contribution >= 0.6 is 0 Å². The molecule has 3 N–H and O–H groups in total. The molecule has 0 bridgehead atoms. The molecule has 0 radical (unpaired) electrons. The SMILES string of the molecule is CC(=O)Nc1ccc(F)c(NCC(=O)Nc2cccc(C(=O)N(C)C)c2)c1. The van der Waals surface area contributed by atoms with Crippen molar-refractivity contribution in [3.05, 3.63) is 53.8 Å². The largest absolute Gasteiger partial charge is 0.374 e. The van der Waals surface area contributed by atoms with Crippen LogP contribution < -0.4 is 16.0 Å². The average Bonchev–Trinajstić information content (AvgIpc) is 2.61. The second-order valence-electron chi connectivity index (χ2n) is 6.06. The van der Waals surface area contributed by atoms with Gasteiger partial charge in [0, 0.05) is 38.0 Å². The molecule has 142 valence electrons. The zero-order valence-corrected chi connectivity index (χ0v) is 15.3. The molecule has 2 aromatic carbocycles. The number of hydrogen-bond donors (Lipinski definition) is 3. The third kappa shape index (κ3) is 5.81. The number of nitrogens with one attached hydrogen (secondary N) is 3. The molecule has 0 fully saturated rings. The molecule has 2 aromatic rings. The van der Waals surface area contributed by atoms with Gasteiger partial charge >= 0.3 is 0 Å². The Morgan fingerprint density at radius 3 is 2.37 bits per heavy atom. The van der Waals surface area contributed by atoms with Crippen LogP contribution in [0, 0.1) is 5.82 Å². The van der Waals surface area contributed by atoms with Crippen LogP contribution in [0.2, 0.25) is 0 Å². The second kappa shape index (κ2) is 8.79. The number of hydrogen-bond acceptors (Lipinski definition) is 4. The highest BCUT2D eigenvalue weighted by atomic mass is 19.1. The summed E-state index contributed by atoms with van der Waals surface area (Å²) in [5, 5.41) is 7.88. The fourth-order valence-electron chi connectivity index (χ4n) is 2.31. The zero-order chi connectivity index (χ0) is 20.0. The van der Waals surface area contributed by atoms with E-state index in [9.17, 15) is 18.8 Å². The minimum atomic E-state index is -0.546. The number of carbonyl (C=O) groups excluding carboxylic acids is 3. The van der Waals surface area contributed by atoms with E-state index in [1.165, 1.54) is 30.0 Å². The first-order valence-corrected chi connectivity index (χ1v) is 8.19. The molecule has 3 amide bonds. The van der Waals surface area contributed by atoms with Crippen LogP contribution in [0.4, 0.5) is 21.5 Å². The van der Waals surface area contributed by atoms with E-state index >= 15 is 0 Å². The highest BCUT2D eigenvalue weighted by molar-refractivity contribution is 5.98. The standard InChI is InChI=1S/C19H21FN4O3/c1-12(25)22-15-7-8-16(20)17(10-15)21-11-18(26)23-14-6-4-5-13(9-14)19(27)24(2)3/h4-10,21H,11H2,1-3H3,(H,22,25)(H,23,26). The quantitative estimate of drug-likeness (QED) is 0.727. The molecule has 0 heterocycles. The minimum Gasteiger partial charge on any atom is -0.374 e. The van der Waals surface area contributed by atoms with Gasteiger partial charge in [-0.05, 0) is 36.4 Å². The van der Waals surface area contributed by atoms with Crippen LogP contribution in [0.15, 0.2) is 42.5 Å². The lowest BCUT2D eigenvalue weighted by Gasteiger charge is -2.12. The Morgan fingerprint density at radius 2 is 1.70 bits per heavy atom. The highest BCUT2D eigenvalue weighted by Crippen LogP contribution is 2.19. The molecule has 0 aliphatic carbocycles. The van der Waals surface area contributed by atoms with Gasteiger partial charge in [-0.1, -0.05) is 6.07 Å². The van der Waals surface area contributed by atoms with E-state index in [1.807, 2.05) is 0 Å². The molecular weight excluding hydrogens is 351 g/mol. The van der Waals surface area contributed by atoms with Gasteiger partial charge in [-0.3, -0.25) is 14.4 Å². The summed E-state index contributed by atoms with van der Waals surface area (Å²) in [6, 6.07) is 10.6. The van der Waals surface area contributed by atoms with E-state index in [0.717, 1.165) is 0 Å². The van der Waals surface area contributed by atoms with Crippen molar-refractivity contribution in [1.82, 2.24) is 4.90 Å². The van der Waals surface area contributed by atoms with Gasteiger partial charge in [0.2, 0.25) is 11.8 Å². The maximum Gasteiger partial charge on any atom is 0.253 e. The lowest BCUT2D eigenvalue weighted by Crippen LogP contribution is -2.23. The summed E-state index contributed by atoms with van der Waals surface area (Å²) >= 11 is 0. The van der Waals surface area contributed by atoms with Gasteiger partial charge in [-0.15, -0.1) is 0 Å². The zero-order valence-electron chi connectivity index (χ0n) is 15.3. The van der Waals surface area contributed by atoms with Gasteiger partial charge in [0.25, 0.3) is 5.91 Å². The molecular formula is C19H21FN4O3. The minimum absolute atomic E-state index is 0.0907. The summed E-state index contributed by atoms with van der Waals surface area (Å²) in [4.78, 5) is 36.6. The van der Waals surface area contributed by atoms with Crippen LogP contribution in [0.3, 0.4) is 0 Å². The van der Waals surface area contributed by atoms with Crippen molar-refractivity contribution >= 4 is 34.8 Å². The Morgan fingerprint density at radius 1 is 1.00 bits per heavy atom. The van der Waals surface area contributed by atoms with E-state index in [1.54, 1.807) is 38.4 Å². The fourth-order valence-corrected chi connectivity index (χ4v) is 2.31. The summed E-state index contributed by atoms with van der Waals surface area (Å²) in [6.45, 7) is 1.16. The van der Waals surface area contributed by atoms with Crippen molar-refractivity contribution in [3.63, 3.8) is 0 Å². The summed E-state index contributed by atoms with van der Waals surface area (Å²) in [5.41, 5.74) is 1.41. The van der Waals surface area contributed by atoms with Gasteiger partial charge in [0.05, 0.1) is 12.2 Å². The molecule has 0 atom stereocenters. The van der Waals surface area contributed by atoms with Gasteiger partial charge < -0.3 is 20.9 Å². The number of rotatable bonds is 6. The summed E-state index contributed by atoms with van der Waals surface area (Å²) in [6.07, 6.45) is 0. The van der Waals surface area contributed by atoms with Crippen LogP contribution in [-0.2, 0) is 9.59 Å². The molecule has 27 heavy (non-hydrogen) atoms. The highest BCUT2D eigenvalue weighted by Gasteiger charge is 2.10. The van der Waals surface area contributed by atoms with Crippen LogP contribution in [0.1, 0.15) is 17.3 Å². The molecule has 0 aliphatic rings. The topological polar surface area (TPSA) is 90.5 Å². The van der Waals surface area contributed by atoms with Gasteiger partial charge in [0.1, 0.15) is 5.82 Å². The second-order valence-corrected chi connectivity index (χ2v) is 6.06. The molecule has 2 rings (SSSR count). The van der Waals surface area contributed by atoms with E-state index in [4.69, 9.17) is 0 Å². The summed E-state index contributed by atoms with van der Waals surface area (Å²) in [5.74, 6) is -1.41. The third-order valence-corrected chi connectivity index (χ3v) is 3.53.